The van der Waals surface area contributed by atoms with E-state index in [2.05, 4.69) is 263 Å². The van der Waals surface area contributed by atoms with Crippen LogP contribution in [0, 0.1) is 19.8 Å². The lowest BCUT2D eigenvalue weighted by molar-refractivity contribution is -0.114. The molecule has 16 aromatic rings. The third-order valence-corrected chi connectivity index (χ3v) is 19.5. The van der Waals surface area contributed by atoms with Crippen molar-refractivity contribution >= 4 is 71.2 Å². The number of aromatic nitrogens is 2. The van der Waals surface area contributed by atoms with E-state index >= 15 is 0 Å². The second kappa shape index (κ2) is 25.0. The topological polar surface area (TPSA) is 89.4 Å². The van der Waals surface area contributed by atoms with E-state index in [9.17, 15) is 9.90 Å². The van der Waals surface area contributed by atoms with Crippen molar-refractivity contribution in [3.8, 4) is 100 Å². The highest BCUT2D eigenvalue weighted by Crippen LogP contribution is 2.49. The highest BCUT2D eigenvalue weighted by atomic mass is 16.3. The van der Waals surface area contributed by atoms with Gasteiger partial charge in [0.25, 0.3) is 0 Å². The van der Waals surface area contributed by atoms with E-state index in [0.29, 0.717) is 6.42 Å². The van der Waals surface area contributed by atoms with Crippen molar-refractivity contribution in [2.75, 3.05) is 0 Å². The molecule has 96 heavy (non-hydrogen) atoms. The van der Waals surface area contributed by atoms with E-state index in [-0.39, 0.29) is 23.9 Å². The standard InChI is InChI=1S/C90H68N2O4/c1-5-57(6-2)84(94)54-66(93)44-41-58-23-7-12-28-69(58)63-47-64(70-29-13-15-31-72(70)74-45-42-61(82-52-59-24-8-10-26-67(59)55(3)91-82)50-80(74)76-35-21-39-87-89(76)78-33-17-19-37-85(78)95-87)49-65(48-63)71-30-14-16-32-73(71)75-46-43-62(83-53-60-25-9-11-27-68(60)56(4)92-83)51-81(75)77-36-22-40-88-90(77)79-34-18-20-38-86(79)96-88/h7-40,42-43,45-54,57,94H,5-6,41,44H2,1-4H3. The van der Waals surface area contributed by atoms with Crippen LogP contribution in [0.4, 0.5) is 0 Å². The number of hydrogen-bond acceptors (Lipinski definition) is 6. The molecule has 0 saturated carbocycles. The van der Waals surface area contributed by atoms with Gasteiger partial charge >= 0.3 is 0 Å². The van der Waals surface area contributed by atoms with Crippen molar-refractivity contribution in [2.24, 2.45) is 5.92 Å². The van der Waals surface area contributed by atoms with Crippen molar-refractivity contribution in [3.05, 3.63) is 302 Å². The number of carbonyl (C=O) groups excluding carboxylic acids is 1. The first-order chi connectivity index (χ1) is 47.1. The second-order valence-corrected chi connectivity index (χ2v) is 25.3. The summed E-state index contributed by atoms with van der Waals surface area (Å²) >= 11 is 0. The summed E-state index contributed by atoms with van der Waals surface area (Å²) in [6.45, 7) is 8.28. The molecule has 6 heteroatoms. The molecule has 1 N–H and O–H groups in total. The van der Waals surface area contributed by atoms with Gasteiger partial charge in [-0.2, -0.15) is 0 Å². The Kier molecular flexibility index (Phi) is 15.4. The molecule has 12 aromatic carbocycles. The minimum Gasteiger partial charge on any atom is -0.512 e. The van der Waals surface area contributed by atoms with Crippen LogP contribution in [0.15, 0.2) is 294 Å². The van der Waals surface area contributed by atoms with Gasteiger partial charge in [-0.15, -0.1) is 0 Å². The number of nitrogens with zero attached hydrogens (tertiary/aromatic N) is 2. The Hall–Kier alpha value is -11.7. The summed E-state index contributed by atoms with van der Waals surface area (Å²) in [5, 5.41) is 19.8. The van der Waals surface area contributed by atoms with Gasteiger partial charge in [0.2, 0.25) is 0 Å². The van der Waals surface area contributed by atoms with E-state index in [1.807, 2.05) is 38.1 Å². The monoisotopic (exact) mass is 1240 g/mol. The smallest absolute Gasteiger partial charge is 0.159 e. The predicted octanol–water partition coefficient (Wildman–Crippen LogP) is 24.6. The van der Waals surface area contributed by atoms with Crippen LogP contribution >= 0.6 is 0 Å². The van der Waals surface area contributed by atoms with Crippen molar-refractivity contribution in [1.29, 1.82) is 0 Å². The molecule has 4 aromatic heterocycles. The lowest BCUT2D eigenvalue weighted by Gasteiger charge is -2.20. The van der Waals surface area contributed by atoms with Gasteiger partial charge in [0.1, 0.15) is 22.3 Å². The fourth-order valence-electron chi connectivity index (χ4n) is 14.7. The highest BCUT2D eigenvalue weighted by molar-refractivity contribution is 6.16. The normalized spacial score (nSPS) is 11.9. The molecule has 0 aliphatic heterocycles. The molecule has 16 rings (SSSR count). The van der Waals surface area contributed by atoms with Gasteiger partial charge in [0.05, 0.1) is 17.1 Å². The summed E-state index contributed by atoms with van der Waals surface area (Å²) in [7, 11) is 0. The number of aliphatic hydroxyl groups excluding tert-OH is 1. The zero-order valence-corrected chi connectivity index (χ0v) is 54.0. The number of aryl methyl sites for hydroxylation is 3. The zero-order chi connectivity index (χ0) is 65.0. The molecule has 0 unspecified atom stereocenters. The van der Waals surface area contributed by atoms with Gasteiger partial charge in [0.15, 0.2) is 5.78 Å². The summed E-state index contributed by atoms with van der Waals surface area (Å²) in [4.78, 5) is 24.3. The molecule has 0 atom stereocenters. The van der Waals surface area contributed by atoms with Crippen LogP contribution in [0.1, 0.15) is 50.1 Å². The first-order valence-corrected chi connectivity index (χ1v) is 33.3. The van der Waals surface area contributed by atoms with Crippen LogP contribution in [0.25, 0.3) is 166 Å². The number of rotatable bonds is 16. The van der Waals surface area contributed by atoms with Crippen LogP contribution in [-0.4, -0.2) is 20.9 Å². The number of carbonyl (C=O) groups is 1. The number of hydrogen-bond donors (Lipinski definition) is 1. The van der Waals surface area contributed by atoms with Crippen LogP contribution in [0.3, 0.4) is 0 Å². The number of furan rings is 2. The van der Waals surface area contributed by atoms with Crippen LogP contribution in [0.5, 0.6) is 0 Å². The average molecular weight is 1240 g/mol. The van der Waals surface area contributed by atoms with Crippen molar-refractivity contribution in [2.45, 2.75) is 53.4 Å². The van der Waals surface area contributed by atoms with Gasteiger partial charge in [-0.3, -0.25) is 14.8 Å². The summed E-state index contributed by atoms with van der Waals surface area (Å²) < 4.78 is 13.2. The maximum atomic E-state index is 13.8. The van der Waals surface area contributed by atoms with Gasteiger partial charge in [-0.25, -0.2) is 0 Å². The maximum absolute atomic E-state index is 13.8. The molecule has 0 spiro atoms. The summed E-state index contributed by atoms with van der Waals surface area (Å²) in [6, 6.07) is 97.5. The fourth-order valence-corrected chi connectivity index (χ4v) is 14.7. The lowest BCUT2D eigenvalue weighted by atomic mass is 9.83. The lowest BCUT2D eigenvalue weighted by Crippen LogP contribution is -2.05. The minimum atomic E-state index is -0.0913. The van der Waals surface area contributed by atoms with Crippen molar-refractivity contribution in [3.63, 3.8) is 0 Å². The summed E-state index contributed by atoms with van der Waals surface area (Å²) in [5.41, 5.74) is 24.8. The molecule has 0 amide bonds. The molecule has 4 heterocycles. The molecule has 6 nitrogen and oxygen atoms in total. The molecular formula is C90H68N2O4. The number of fused-ring (bicyclic) bond motifs is 8. The molecular weight excluding hydrogens is 1170 g/mol. The molecule has 0 radical (unpaired) electrons. The Morgan fingerprint density at radius 1 is 0.375 bits per heavy atom. The Balaban J connectivity index is 0.917. The highest BCUT2D eigenvalue weighted by Gasteiger charge is 2.24. The fraction of sp³-hybridized carbons (Fsp3) is 0.100. The number of benzene rings is 12. The Labute approximate surface area is 558 Å². The average Bonchev–Trinajstić information content (AvgIpc) is 1.15. The number of allylic oxidation sites excluding steroid dienone is 2. The van der Waals surface area contributed by atoms with Crippen LogP contribution in [0.2, 0.25) is 0 Å². The first kappa shape index (κ1) is 59.3. The molecule has 0 bridgehead atoms. The van der Waals surface area contributed by atoms with E-state index in [1.165, 1.54) is 6.08 Å². The van der Waals surface area contributed by atoms with E-state index in [0.717, 1.165) is 196 Å². The van der Waals surface area contributed by atoms with Gasteiger partial charge in [-0.05, 0) is 194 Å². The summed E-state index contributed by atoms with van der Waals surface area (Å²) in [6.07, 6.45) is 3.72. The SMILES string of the molecule is CCC(CC)C(O)=CC(=O)CCc1ccccc1-c1cc(-c2ccccc2-c2ccc(-c3cc4ccccc4c(C)n3)cc2-c2cccc3oc4ccccc4c23)cc(-c2ccccc2-c2ccc(-c3cc4ccccc4c(C)n3)cc2-c2cccc3oc4ccccc4c23)c1. The van der Waals surface area contributed by atoms with Gasteiger partial charge < -0.3 is 13.9 Å². The number of aliphatic hydroxyl groups is 1. The third kappa shape index (κ3) is 10.8. The maximum Gasteiger partial charge on any atom is 0.159 e. The van der Waals surface area contributed by atoms with Gasteiger partial charge in [-0.1, -0.05) is 220 Å². The Morgan fingerprint density at radius 3 is 1.25 bits per heavy atom. The zero-order valence-electron chi connectivity index (χ0n) is 54.0. The minimum absolute atomic E-state index is 0.0496. The summed E-state index contributed by atoms with van der Waals surface area (Å²) in [5.74, 6) is 0.0203. The molecule has 0 aliphatic rings. The molecule has 0 saturated heterocycles. The first-order valence-electron chi connectivity index (χ1n) is 33.3. The molecule has 0 aliphatic carbocycles. The molecule has 462 valence electrons. The van der Waals surface area contributed by atoms with E-state index < -0.39 is 0 Å². The Bertz CT molecular complexity index is 5470. The second-order valence-electron chi connectivity index (χ2n) is 25.3. The molecule has 0 fully saturated rings. The number of pyridine rings is 2. The predicted molar refractivity (Wildman–Crippen MR) is 398 cm³/mol. The Morgan fingerprint density at radius 2 is 0.760 bits per heavy atom. The van der Waals surface area contributed by atoms with E-state index in [1.54, 1.807) is 0 Å². The van der Waals surface area contributed by atoms with Crippen molar-refractivity contribution < 1.29 is 18.7 Å². The van der Waals surface area contributed by atoms with Crippen LogP contribution in [-0.2, 0) is 11.2 Å². The van der Waals surface area contributed by atoms with Crippen molar-refractivity contribution in [1.82, 2.24) is 9.97 Å². The largest absolute Gasteiger partial charge is 0.512 e. The quantitative estimate of drug-likeness (QED) is 0.0766. The van der Waals surface area contributed by atoms with Gasteiger partial charge in [0, 0.05) is 73.2 Å². The third-order valence-electron chi connectivity index (χ3n) is 19.5. The number of para-hydroxylation sites is 2. The number of ketones is 1. The van der Waals surface area contributed by atoms with Crippen LogP contribution < -0.4 is 0 Å². The van der Waals surface area contributed by atoms with E-state index in [4.69, 9.17) is 18.8 Å².